The lowest BCUT2D eigenvalue weighted by atomic mass is 10.0. The predicted octanol–water partition coefficient (Wildman–Crippen LogP) is 5.07. The predicted molar refractivity (Wildman–Crippen MR) is 144 cm³/mol. The fourth-order valence-corrected chi connectivity index (χ4v) is 3.53. The van der Waals surface area contributed by atoms with Gasteiger partial charge >= 0.3 is 0 Å². The fraction of sp³-hybridized carbons (Fsp3) is 0.0690. The van der Waals surface area contributed by atoms with Gasteiger partial charge in [-0.05, 0) is 97.1 Å². The Balaban J connectivity index is 1.37. The number of anilines is 4. The Labute approximate surface area is 209 Å². The minimum Gasteiger partial charge on any atom is -0.399 e. The van der Waals surface area contributed by atoms with E-state index in [1.54, 1.807) is 84.9 Å². The van der Waals surface area contributed by atoms with E-state index < -0.39 is 0 Å². The number of ketones is 1. The third-order valence-corrected chi connectivity index (χ3v) is 5.63. The van der Waals surface area contributed by atoms with Crippen molar-refractivity contribution < 1.29 is 14.4 Å². The van der Waals surface area contributed by atoms with Gasteiger partial charge in [0.15, 0.2) is 5.78 Å². The highest BCUT2D eigenvalue weighted by Crippen LogP contribution is 2.18. The van der Waals surface area contributed by atoms with Crippen molar-refractivity contribution in [1.82, 2.24) is 0 Å². The van der Waals surface area contributed by atoms with Gasteiger partial charge in [-0.2, -0.15) is 0 Å². The van der Waals surface area contributed by atoms with Crippen LogP contribution in [0.25, 0.3) is 0 Å². The largest absolute Gasteiger partial charge is 0.399 e. The number of hydrogen-bond acceptors (Lipinski definition) is 5. The van der Waals surface area contributed by atoms with Gasteiger partial charge in [0.2, 0.25) is 0 Å². The van der Waals surface area contributed by atoms with Gasteiger partial charge in [0.1, 0.15) is 0 Å². The Bertz CT molecular complexity index is 1380. The van der Waals surface area contributed by atoms with Gasteiger partial charge < -0.3 is 21.3 Å². The van der Waals surface area contributed by atoms with Gasteiger partial charge in [-0.15, -0.1) is 0 Å². The van der Waals surface area contributed by atoms with Crippen LogP contribution in [0.15, 0.2) is 97.1 Å². The highest BCUT2D eigenvalue weighted by atomic mass is 16.2. The number of nitrogens with one attached hydrogen (secondary N) is 2. The van der Waals surface area contributed by atoms with Gasteiger partial charge in [0, 0.05) is 59.1 Å². The van der Waals surface area contributed by atoms with Crippen molar-refractivity contribution in [3.05, 3.63) is 119 Å². The van der Waals surface area contributed by atoms with E-state index in [0.717, 1.165) is 5.69 Å². The molecule has 0 saturated heterocycles. The summed E-state index contributed by atoms with van der Waals surface area (Å²) in [4.78, 5) is 39.7. The van der Waals surface area contributed by atoms with Gasteiger partial charge in [-0.25, -0.2) is 0 Å². The number of nitrogens with zero attached hydrogens (tertiary/aromatic N) is 1. The number of rotatable bonds is 7. The molecule has 0 bridgehead atoms. The Morgan fingerprint density at radius 3 is 1.31 bits per heavy atom. The summed E-state index contributed by atoms with van der Waals surface area (Å²) in [6.45, 7) is 0. The van der Waals surface area contributed by atoms with Crippen molar-refractivity contribution in [3.8, 4) is 0 Å². The standard InChI is InChI=1S/C29H26N4O3/c1-33(2)26-17-9-22(10-18-26)29(36)32-25-15-7-20(8-16-25)27(34)19-5-13-24(14-6-19)31-28(35)21-3-11-23(30)12-4-21/h3-18H,30H2,1-2H3,(H,31,35)(H,32,36). The Kier molecular flexibility index (Phi) is 7.11. The van der Waals surface area contributed by atoms with Crippen molar-refractivity contribution in [1.29, 1.82) is 0 Å². The zero-order chi connectivity index (χ0) is 25.7. The summed E-state index contributed by atoms with van der Waals surface area (Å²) >= 11 is 0. The zero-order valence-electron chi connectivity index (χ0n) is 20.0. The molecule has 0 heterocycles. The third-order valence-electron chi connectivity index (χ3n) is 5.63. The molecule has 4 N–H and O–H groups in total. The SMILES string of the molecule is CN(C)c1ccc(C(=O)Nc2ccc(C(=O)c3ccc(NC(=O)c4ccc(N)cc4)cc3)cc2)cc1. The first-order valence-corrected chi connectivity index (χ1v) is 11.3. The van der Waals surface area contributed by atoms with Crippen LogP contribution in [0.2, 0.25) is 0 Å². The van der Waals surface area contributed by atoms with E-state index in [9.17, 15) is 14.4 Å². The Hall–Kier alpha value is -4.91. The number of hydrogen-bond donors (Lipinski definition) is 3. The van der Waals surface area contributed by atoms with E-state index in [1.165, 1.54) is 0 Å². The van der Waals surface area contributed by atoms with E-state index in [-0.39, 0.29) is 17.6 Å². The molecule has 0 aliphatic heterocycles. The van der Waals surface area contributed by atoms with Crippen LogP contribution in [0.3, 0.4) is 0 Å². The van der Waals surface area contributed by atoms with Crippen molar-refractivity contribution in [2.24, 2.45) is 0 Å². The van der Waals surface area contributed by atoms with E-state index in [2.05, 4.69) is 10.6 Å². The maximum Gasteiger partial charge on any atom is 0.255 e. The monoisotopic (exact) mass is 478 g/mol. The molecule has 0 spiro atoms. The second-order valence-electron chi connectivity index (χ2n) is 8.46. The molecule has 0 atom stereocenters. The smallest absolute Gasteiger partial charge is 0.255 e. The van der Waals surface area contributed by atoms with Gasteiger partial charge in [0.25, 0.3) is 11.8 Å². The molecule has 4 aromatic rings. The van der Waals surface area contributed by atoms with Crippen LogP contribution in [0.5, 0.6) is 0 Å². The van der Waals surface area contributed by atoms with Crippen LogP contribution in [0.4, 0.5) is 22.7 Å². The molecule has 0 saturated carbocycles. The molecule has 0 aromatic heterocycles. The zero-order valence-corrected chi connectivity index (χ0v) is 20.0. The number of nitrogen functional groups attached to an aromatic ring is 1. The highest BCUT2D eigenvalue weighted by Gasteiger charge is 2.12. The Morgan fingerprint density at radius 2 is 0.917 bits per heavy atom. The number of nitrogens with two attached hydrogens (primary N) is 1. The second kappa shape index (κ2) is 10.6. The maximum absolute atomic E-state index is 12.9. The molecular weight excluding hydrogens is 452 g/mol. The van der Waals surface area contributed by atoms with Crippen LogP contribution < -0.4 is 21.3 Å². The van der Waals surface area contributed by atoms with Crippen molar-refractivity contribution in [2.45, 2.75) is 0 Å². The van der Waals surface area contributed by atoms with E-state index in [0.29, 0.717) is 39.3 Å². The summed E-state index contributed by atoms with van der Waals surface area (Å²) in [5.41, 5.74) is 10.4. The fourth-order valence-electron chi connectivity index (χ4n) is 3.53. The molecule has 180 valence electrons. The summed E-state index contributed by atoms with van der Waals surface area (Å²) in [5, 5.41) is 5.64. The van der Waals surface area contributed by atoms with E-state index >= 15 is 0 Å². The van der Waals surface area contributed by atoms with Crippen molar-refractivity contribution in [3.63, 3.8) is 0 Å². The minimum atomic E-state index is -0.264. The molecule has 2 amide bonds. The maximum atomic E-state index is 12.9. The number of benzene rings is 4. The molecule has 4 rings (SSSR count). The van der Waals surface area contributed by atoms with Crippen molar-refractivity contribution in [2.75, 3.05) is 35.4 Å². The van der Waals surface area contributed by atoms with Crippen LogP contribution in [-0.2, 0) is 0 Å². The second-order valence-corrected chi connectivity index (χ2v) is 8.46. The number of carbonyl (C=O) groups is 3. The molecule has 0 aliphatic carbocycles. The highest BCUT2D eigenvalue weighted by molar-refractivity contribution is 6.10. The molecule has 36 heavy (non-hydrogen) atoms. The summed E-state index contributed by atoms with van der Waals surface area (Å²) in [7, 11) is 3.88. The molecule has 0 unspecified atom stereocenters. The van der Waals surface area contributed by atoms with Gasteiger partial charge in [-0.1, -0.05) is 0 Å². The topological polar surface area (TPSA) is 105 Å². The summed E-state index contributed by atoms with van der Waals surface area (Å²) in [6, 6.07) is 27.3. The average Bonchev–Trinajstić information content (AvgIpc) is 2.89. The molecule has 4 aromatic carbocycles. The van der Waals surface area contributed by atoms with Crippen LogP contribution in [0.1, 0.15) is 36.6 Å². The molecule has 0 aliphatic rings. The van der Waals surface area contributed by atoms with Crippen LogP contribution in [0, 0.1) is 0 Å². The lowest BCUT2D eigenvalue weighted by molar-refractivity contribution is 0.101. The van der Waals surface area contributed by atoms with Crippen molar-refractivity contribution >= 4 is 40.3 Å². The Morgan fingerprint density at radius 1 is 0.556 bits per heavy atom. The number of carbonyl (C=O) groups excluding carboxylic acids is 3. The molecule has 7 nitrogen and oxygen atoms in total. The lowest BCUT2D eigenvalue weighted by Gasteiger charge is -2.12. The lowest BCUT2D eigenvalue weighted by Crippen LogP contribution is -2.13. The van der Waals surface area contributed by atoms with Gasteiger partial charge in [-0.3, -0.25) is 14.4 Å². The van der Waals surface area contributed by atoms with E-state index in [4.69, 9.17) is 5.73 Å². The molecule has 0 fully saturated rings. The minimum absolute atomic E-state index is 0.163. The normalized spacial score (nSPS) is 10.4. The average molecular weight is 479 g/mol. The van der Waals surface area contributed by atoms with E-state index in [1.807, 2.05) is 31.1 Å². The van der Waals surface area contributed by atoms with Crippen LogP contribution >= 0.6 is 0 Å². The van der Waals surface area contributed by atoms with Crippen LogP contribution in [-0.4, -0.2) is 31.7 Å². The van der Waals surface area contributed by atoms with Gasteiger partial charge in [0.05, 0.1) is 0 Å². The third kappa shape index (κ3) is 5.77. The quantitative estimate of drug-likeness (QED) is 0.254. The summed E-state index contributed by atoms with van der Waals surface area (Å²) in [5.74, 6) is -0.653. The molecule has 7 heteroatoms. The first-order chi connectivity index (χ1) is 17.3. The number of amides is 2. The first-order valence-electron chi connectivity index (χ1n) is 11.3. The first kappa shape index (κ1) is 24.2. The summed E-state index contributed by atoms with van der Waals surface area (Å²) < 4.78 is 0. The summed E-state index contributed by atoms with van der Waals surface area (Å²) in [6.07, 6.45) is 0. The molecular formula is C29H26N4O3. The molecule has 0 radical (unpaired) electrons.